The fourth-order valence-electron chi connectivity index (χ4n) is 1.88. The van der Waals surface area contributed by atoms with Crippen LogP contribution in [-0.2, 0) is 11.2 Å². The number of pyridine rings is 1. The molecule has 6 nitrogen and oxygen atoms in total. The van der Waals surface area contributed by atoms with Gasteiger partial charge in [0.05, 0.1) is 12.8 Å². The molecule has 0 aromatic carbocycles. The van der Waals surface area contributed by atoms with Crippen molar-refractivity contribution in [2.45, 2.75) is 6.42 Å². The summed E-state index contributed by atoms with van der Waals surface area (Å²) in [6.45, 7) is 0.772. The number of imidazole rings is 1. The van der Waals surface area contributed by atoms with Crippen LogP contribution in [-0.4, -0.2) is 36.1 Å². The number of aromatic nitrogens is 2. The number of esters is 1. The molecule has 6 heteroatoms. The molecule has 0 fully saturated rings. The Balaban J connectivity index is 2.60. The predicted octanol–water partition coefficient (Wildman–Crippen LogP) is 0.465. The van der Waals surface area contributed by atoms with Gasteiger partial charge in [-0.3, -0.25) is 0 Å². The van der Waals surface area contributed by atoms with Crippen LogP contribution in [0.2, 0.25) is 0 Å². The summed E-state index contributed by atoms with van der Waals surface area (Å²) >= 11 is 0. The van der Waals surface area contributed by atoms with Crippen molar-refractivity contribution in [2.75, 3.05) is 26.4 Å². The quantitative estimate of drug-likeness (QED) is 0.768. The van der Waals surface area contributed by atoms with E-state index in [-0.39, 0.29) is 5.69 Å². The maximum Gasteiger partial charge on any atom is 0.359 e. The Morgan fingerprint density at radius 1 is 1.61 bits per heavy atom. The number of rotatable bonds is 4. The van der Waals surface area contributed by atoms with E-state index in [0.29, 0.717) is 17.6 Å². The zero-order chi connectivity index (χ0) is 13.1. The third-order valence-electron chi connectivity index (χ3n) is 2.75. The summed E-state index contributed by atoms with van der Waals surface area (Å²) in [5, 5.41) is 3.05. The van der Waals surface area contributed by atoms with Crippen LogP contribution in [0.5, 0.6) is 0 Å². The molecule has 2 aromatic rings. The van der Waals surface area contributed by atoms with Gasteiger partial charge in [-0.05, 0) is 19.2 Å². The van der Waals surface area contributed by atoms with Crippen LogP contribution in [0.1, 0.15) is 16.3 Å². The fourth-order valence-corrected chi connectivity index (χ4v) is 1.88. The minimum absolute atomic E-state index is 0.265. The lowest BCUT2D eigenvalue weighted by atomic mass is 10.3. The summed E-state index contributed by atoms with van der Waals surface area (Å²) in [4.78, 5) is 16.0. The van der Waals surface area contributed by atoms with Gasteiger partial charge in [0.15, 0.2) is 5.69 Å². The van der Waals surface area contributed by atoms with E-state index in [4.69, 9.17) is 10.5 Å². The van der Waals surface area contributed by atoms with Crippen molar-refractivity contribution in [1.82, 2.24) is 14.7 Å². The second kappa shape index (κ2) is 5.05. The minimum Gasteiger partial charge on any atom is -0.464 e. The van der Waals surface area contributed by atoms with Gasteiger partial charge in [0.25, 0.3) is 0 Å². The molecule has 0 unspecified atom stereocenters. The summed E-state index contributed by atoms with van der Waals surface area (Å²) in [6, 6.07) is 3.57. The molecule has 0 amide bonds. The lowest BCUT2D eigenvalue weighted by Crippen LogP contribution is -2.12. The number of hydrogen-bond acceptors (Lipinski definition) is 5. The smallest absolute Gasteiger partial charge is 0.359 e. The van der Waals surface area contributed by atoms with Gasteiger partial charge in [0, 0.05) is 19.2 Å². The van der Waals surface area contributed by atoms with Crippen LogP contribution in [0.25, 0.3) is 5.52 Å². The van der Waals surface area contributed by atoms with Crippen molar-refractivity contribution in [3.05, 3.63) is 29.8 Å². The molecular weight excluding hydrogens is 232 g/mol. The molecule has 0 atom stereocenters. The number of hydrogen-bond donors (Lipinski definition) is 2. The molecule has 0 aliphatic rings. The average Bonchev–Trinajstić information content (AvgIpc) is 2.76. The number of methoxy groups -OCH3 is 1. The van der Waals surface area contributed by atoms with Crippen LogP contribution in [0.4, 0.5) is 5.69 Å². The third-order valence-corrected chi connectivity index (χ3v) is 2.75. The molecule has 0 saturated heterocycles. The second-order valence-electron chi connectivity index (χ2n) is 3.90. The maximum absolute atomic E-state index is 11.7. The van der Waals surface area contributed by atoms with E-state index in [1.54, 1.807) is 6.07 Å². The van der Waals surface area contributed by atoms with Crippen LogP contribution in [0.3, 0.4) is 0 Å². The number of likely N-dealkylation sites (N-methyl/N-ethyl adjacent to an activating group) is 1. The van der Waals surface area contributed by atoms with E-state index in [1.807, 2.05) is 23.7 Å². The first-order chi connectivity index (χ1) is 8.69. The number of anilines is 1. The standard InChI is InChI=1S/C12H16N4O2/c1-14-6-5-9-15-10(12(17)18-2)11-8(13)4-3-7-16(9)11/h3-4,7,14H,5-6,13H2,1-2H3. The van der Waals surface area contributed by atoms with Gasteiger partial charge in [-0.25, -0.2) is 9.78 Å². The summed E-state index contributed by atoms with van der Waals surface area (Å²) < 4.78 is 6.56. The van der Waals surface area contributed by atoms with E-state index in [1.165, 1.54) is 7.11 Å². The molecule has 0 aliphatic heterocycles. The first-order valence-electron chi connectivity index (χ1n) is 5.67. The van der Waals surface area contributed by atoms with E-state index in [2.05, 4.69) is 10.3 Å². The number of nitrogen functional groups attached to an aromatic ring is 1. The summed E-state index contributed by atoms with van der Waals surface area (Å²) in [6.07, 6.45) is 2.55. The number of carbonyl (C=O) groups is 1. The van der Waals surface area contributed by atoms with Crippen molar-refractivity contribution in [3.63, 3.8) is 0 Å². The van der Waals surface area contributed by atoms with Gasteiger partial charge in [0.1, 0.15) is 11.3 Å². The molecule has 18 heavy (non-hydrogen) atoms. The molecule has 0 aliphatic carbocycles. The zero-order valence-corrected chi connectivity index (χ0v) is 10.4. The van der Waals surface area contributed by atoms with Crippen LogP contribution < -0.4 is 11.1 Å². The first-order valence-corrected chi connectivity index (χ1v) is 5.67. The molecule has 0 saturated carbocycles. The summed E-state index contributed by atoms with van der Waals surface area (Å²) in [7, 11) is 3.20. The summed E-state index contributed by atoms with van der Waals surface area (Å²) in [5.41, 5.74) is 7.29. The number of carbonyl (C=O) groups excluding carboxylic acids is 1. The molecule has 96 valence electrons. The third kappa shape index (κ3) is 2.02. The molecule has 0 spiro atoms. The van der Waals surface area contributed by atoms with Gasteiger partial charge >= 0.3 is 5.97 Å². The largest absolute Gasteiger partial charge is 0.464 e. The minimum atomic E-state index is -0.471. The molecule has 2 aromatic heterocycles. The normalized spacial score (nSPS) is 10.8. The summed E-state index contributed by atoms with van der Waals surface area (Å²) in [5.74, 6) is 0.313. The Kier molecular flexibility index (Phi) is 3.47. The Morgan fingerprint density at radius 3 is 3.06 bits per heavy atom. The number of nitrogens with two attached hydrogens (primary N) is 1. The number of fused-ring (bicyclic) bond motifs is 1. The molecular formula is C12H16N4O2. The second-order valence-corrected chi connectivity index (χ2v) is 3.90. The Labute approximate surface area is 105 Å². The molecule has 2 rings (SSSR count). The van der Waals surface area contributed by atoms with Crippen molar-refractivity contribution in [1.29, 1.82) is 0 Å². The lowest BCUT2D eigenvalue weighted by Gasteiger charge is -2.02. The fraction of sp³-hybridized carbons (Fsp3) is 0.333. The number of ether oxygens (including phenoxy) is 1. The Morgan fingerprint density at radius 2 is 2.39 bits per heavy atom. The molecule has 2 heterocycles. The van der Waals surface area contributed by atoms with E-state index < -0.39 is 5.97 Å². The van der Waals surface area contributed by atoms with Crippen molar-refractivity contribution in [2.24, 2.45) is 0 Å². The van der Waals surface area contributed by atoms with Gasteiger partial charge in [-0.1, -0.05) is 0 Å². The zero-order valence-electron chi connectivity index (χ0n) is 10.4. The topological polar surface area (TPSA) is 81.6 Å². The molecule has 0 bridgehead atoms. The van der Waals surface area contributed by atoms with Crippen molar-refractivity contribution >= 4 is 17.2 Å². The Bertz CT molecular complexity index is 577. The van der Waals surface area contributed by atoms with Gasteiger partial charge in [-0.15, -0.1) is 0 Å². The van der Waals surface area contributed by atoms with E-state index in [0.717, 1.165) is 12.4 Å². The molecule has 3 N–H and O–H groups in total. The van der Waals surface area contributed by atoms with E-state index in [9.17, 15) is 4.79 Å². The van der Waals surface area contributed by atoms with Crippen LogP contribution >= 0.6 is 0 Å². The number of nitrogens with one attached hydrogen (secondary N) is 1. The predicted molar refractivity (Wildman–Crippen MR) is 68.6 cm³/mol. The van der Waals surface area contributed by atoms with Gasteiger partial charge in [0.2, 0.25) is 0 Å². The highest BCUT2D eigenvalue weighted by molar-refractivity contribution is 5.98. The highest BCUT2D eigenvalue weighted by atomic mass is 16.5. The van der Waals surface area contributed by atoms with E-state index >= 15 is 0 Å². The van der Waals surface area contributed by atoms with Crippen molar-refractivity contribution < 1.29 is 9.53 Å². The highest BCUT2D eigenvalue weighted by Crippen LogP contribution is 2.20. The molecule has 0 radical (unpaired) electrons. The SMILES string of the molecule is CNCCc1nc(C(=O)OC)c2c(N)cccn12. The van der Waals surface area contributed by atoms with Gasteiger partial charge < -0.3 is 20.2 Å². The lowest BCUT2D eigenvalue weighted by molar-refractivity contribution is 0.0597. The number of nitrogens with zero attached hydrogens (tertiary/aromatic N) is 2. The van der Waals surface area contributed by atoms with Crippen LogP contribution in [0, 0.1) is 0 Å². The van der Waals surface area contributed by atoms with Crippen molar-refractivity contribution in [3.8, 4) is 0 Å². The first kappa shape index (κ1) is 12.4. The average molecular weight is 248 g/mol. The monoisotopic (exact) mass is 248 g/mol. The highest BCUT2D eigenvalue weighted by Gasteiger charge is 2.19. The Hall–Kier alpha value is -2.08. The maximum atomic E-state index is 11.7. The van der Waals surface area contributed by atoms with Crippen LogP contribution in [0.15, 0.2) is 18.3 Å². The van der Waals surface area contributed by atoms with Gasteiger partial charge in [-0.2, -0.15) is 0 Å².